The van der Waals surface area contributed by atoms with Crippen LogP contribution in [-0.2, 0) is 9.53 Å². The fourth-order valence-corrected chi connectivity index (χ4v) is 1.78. The highest BCUT2D eigenvalue weighted by Gasteiger charge is 2.43. The summed E-state index contributed by atoms with van der Waals surface area (Å²) in [5, 5.41) is 4.94. The molecule has 0 aromatic carbocycles. The molecule has 2 N–H and O–H groups in total. The summed E-state index contributed by atoms with van der Waals surface area (Å²) in [6.07, 6.45) is 1.39. The third-order valence-electron chi connectivity index (χ3n) is 2.75. The number of ether oxygens (including phenoxy) is 1. The van der Waals surface area contributed by atoms with Gasteiger partial charge in [-0.1, -0.05) is 0 Å². The lowest BCUT2D eigenvalue weighted by molar-refractivity contribution is -0.136. The van der Waals surface area contributed by atoms with Crippen molar-refractivity contribution < 1.29 is 14.3 Å². The Balaban J connectivity index is 2.12. The third-order valence-corrected chi connectivity index (χ3v) is 2.75. The first kappa shape index (κ1) is 8.50. The van der Waals surface area contributed by atoms with Gasteiger partial charge in [0.15, 0.2) is 0 Å². The number of urea groups is 1. The summed E-state index contributed by atoms with van der Waals surface area (Å²) in [6, 6.07) is -0.387. The minimum Gasteiger partial charge on any atom is -0.381 e. The van der Waals surface area contributed by atoms with Crippen molar-refractivity contribution in [1.82, 2.24) is 10.6 Å². The van der Waals surface area contributed by atoms with Crippen LogP contribution in [-0.4, -0.2) is 31.7 Å². The van der Waals surface area contributed by atoms with Crippen molar-refractivity contribution >= 4 is 11.9 Å². The van der Waals surface area contributed by atoms with Crippen molar-refractivity contribution in [3.05, 3.63) is 0 Å². The standard InChI is InChI=1S/C8H12N2O3/c11-6-8(1-3-13-4-2-8)5-9-7(12)10-6/h1-5H2,(H2,9,10,11,12). The molecule has 2 saturated heterocycles. The van der Waals surface area contributed by atoms with Gasteiger partial charge in [-0.2, -0.15) is 0 Å². The Morgan fingerprint density at radius 1 is 1.23 bits per heavy atom. The fraction of sp³-hybridized carbons (Fsp3) is 0.750. The summed E-state index contributed by atoms with van der Waals surface area (Å²) in [4.78, 5) is 22.4. The Labute approximate surface area is 75.8 Å². The van der Waals surface area contributed by atoms with Crippen LogP contribution in [0.4, 0.5) is 4.79 Å². The molecule has 0 radical (unpaired) electrons. The molecule has 0 aliphatic carbocycles. The summed E-state index contributed by atoms with van der Waals surface area (Å²) in [5.74, 6) is -0.153. The van der Waals surface area contributed by atoms with Crippen molar-refractivity contribution in [3.63, 3.8) is 0 Å². The van der Waals surface area contributed by atoms with Crippen molar-refractivity contribution in [1.29, 1.82) is 0 Å². The average molecular weight is 184 g/mol. The minimum atomic E-state index is -0.411. The Morgan fingerprint density at radius 3 is 2.54 bits per heavy atom. The number of hydrogen-bond acceptors (Lipinski definition) is 3. The molecular weight excluding hydrogens is 172 g/mol. The minimum absolute atomic E-state index is 0.153. The zero-order valence-electron chi connectivity index (χ0n) is 7.26. The number of nitrogens with one attached hydrogen (secondary N) is 2. The zero-order valence-corrected chi connectivity index (χ0v) is 7.26. The molecule has 2 aliphatic heterocycles. The zero-order chi connectivity index (χ0) is 9.31. The van der Waals surface area contributed by atoms with Gasteiger partial charge in [0.2, 0.25) is 5.91 Å². The van der Waals surface area contributed by atoms with E-state index in [9.17, 15) is 9.59 Å². The normalized spacial score (nSPS) is 26.8. The summed E-state index contributed by atoms with van der Waals surface area (Å²) >= 11 is 0. The first-order chi connectivity index (χ1) is 6.23. The van der Waals surface area contributed by atoms with Gasteiger partial charge in [0, 0.05) is 19.8 Å². The van der Waals surface area contributed by atoms with E-state index in [1.165, 1.54) is 0 Å². The van der Waals surface area contributed by atoms with E-state index in [1.54, 1.807) is 0 Å². The Morgan fingerprint density at radius 2 is 1.92 bits per heavy atom. The molecule has 13 heavy (non-hydrogen) atoms. The van der Waals surface area contributed by atoms with Crippen molar-refractivity contribution in [2.24, 2.45) is 5.41 Å². The van der Waals surface area contributed by atoms with Crippen LogP contribution in [0.15, 0.2) is 0 Å². The van der Waals surface area contributed by atoms with Crippen molar-refractivity contribution in [3.8, 4) is 0 Å². The van der Waals surface area contributed by atoms with E-state index in [0.717, 1.165) is 0 Å². The molecule has 0 aromatic heterocycles. The van der Waals surface area contributed by atoms with Gasteiger partial charge >= 0.3 is 6.03 Å². The van der Waals surface area contributed by atoms with Gasteiger partial charge in [0.1, 0.15) is 0 Å². The molecule has 2 aliphatic rings. The molecule has 5 heteroatoms. The highest BCUT2D eigenvalue weighted by molar-refractivity contribution is 6.00. The number of amides is 3. The SMILES string of the molecule is O=C1NCC2(CCOCC2)C(=O)N1. The van der Waals surface area contributed by atoms with Crippen LogP contribution in [0.25, 0.3) is 0 Å². The molecule has 2 fully saturated rings. The molecule has 0 aromatic rings. The molecule has 3 amide bonds. The number of carbonyl (C=O) groups is 2. The van der Waals surface area contributed by atoms with Crippen LogP contribution < -0.4 is 10.6 Å². The molecule has 0 unspecified atom stereocenters. The smallest absolute Gasteiger partial charge is 0.321 e. The summed E-state index contributed by atoms with van der Waals surface area (Å²) in [7, 11) is 0. The highest BCUT2D eigenvalue weighted by Crippen LogP contribution is 2.31. The van der Waals surface area contributed by atoms with Gasteiger partial charge in [-0.15, -0.1) is 0 Å². The van der Waals surface area contributed by atoms with E-state index in [-0.39, 0.29) is 11.9 Å². The molecule has 0 atom stereocenters. The maximum Gasteiger partial charge on any atom is 0.321 e. The van der Waals surface area contributed by atoms with Gasteiger partial charge in [-0.05, 0) is 12.8 Å². The first-order valence-corrected chi connectivity index (χ1v) is 4.40. The monoisotopic (exact) mass is 184 g/mol. The van der Waals surface area contributed by atoms with E-state index < -0.39 is 5.41 Å². The van der Waals surface area contributed by atoms with E-state index in [4.69, 9.17) is 4.74 Å². The number of hydrogen-bond donors (Lipinski definition) is 2. The van der Waals surface area contributed by atoms with Gasteiger partial charge in [0.25, 0.3) is 0 Å². The molecule has 2 rings (SSSR count). The lowest BCUT2D eigenvalue weighted by Gasteiger charge is -2.38. The van der Waals surface area contributed by atoms with Crippen LogP contribution in [0, 0.1) is 5.41 Å². The summed E-state index contributed by atoms with van der Waals surface area (Å²) in [6.45, 7) is 1.65. The second-order valence-electron chi connectivity index (χ2n) is 3.53. The number of rotatable bonds is 0. The largest absolute Gasteiger partial charge is 0.381 e. The summed E-state index contributed by atoms with van der Waals surface area (Å²) in [5.41, 5.74) is -0.411. The fourth-order valence-electron chi connectivity index (χ4n) is 1.78. The predicted molar refractivity (Wildman–Crippen MR) is 44.0 cm³/mol. The Bertz CT molecular complexity index is 246. The van der Waals surface area contributed by atoms with E-state index in [0.29, 0.717) is 32.6 Å². The molecule has 0 bridgehead atoms. The number of carbonyl (C=O) groups excluding carboxylic acids is 2. The van der Waals surface area contributed by atoms with Crippen LogP contribution in [0.1, 0.15) is 12.8 Å². The second-order valence-corrected chi connectivity index (χ2v) is 3.53. The van der Waals surface area contributed by atoms with Crippen molar-refractivity contribution in [2.45, 2.75) is 12.8 Å². The maximum atomic E-state index is 11.6. The lowest BCUT2D eigenvalue weighted by Crippen LogP contribution is -2.60. The molecule has 1 spiro atoms. The van der Waals surface area contributed by atoms with Crippen LogP contribution in [0.2, 0.25) is 0 Å². The first-order valence-electron chi connectivity index (χ1n) is 4.40. The van der Waals surface area contributed by atoms with Gasteiger partial charge in [0.05, 0.1) is 5.41 Å². The Hall–Kier alpha value is -1.10. The molecule has 0 saturated carbocycles. The van der Waals surface area contributed by atoms with Crippen LogP contribution in [0.5, 0.6) is 0 Å². The molecule has 72 valence electrons. The van der Waals surface area contributed by atoms with Crippen LogP contribution in [0.3, 0.4) is 0 Å². The number of imide groups is 1. The quantitative estimate of drug-likeness (QED) is 0.539. The van der Waals surface area contributed by atoms with E-state index >= 15 is 0 Å². The third kappa shape index (κ3) is 1.39. The molecule has 2 heterocycles. The van der Waals surface area contributed by atoms with Crippen molar-refractivity contribution in [2.75, 3.05) is 19.8 Å². The van der Waals surface area contributed by atoms with E-state index in [2.05, 4.69) is 10.6 Å². The lowest BCUT2D eigenvalue weighted by atomic mass is 9.78. The summed E-state index contributed by atoms with van der Waals surface area (Å²) < 4.78 is 5.18. The van der Waals surface area contributed by atoms with Gasteiger partial charge in [-0.3, -0.25) is 10.1 Å². The van der Waals surface area contributed by atoms with Gasteiger partial charge < -0.3 is 10.1 Å². The Kier molecular flexibility index (Phi) is 1.95. The molecular formula is C8H12N2O3. The van der Waals surface area contributed by atoms with E-state index in [1.807, 2.05) is 0 Å². The second kappa shape index (κ2) is 2.99. The maximum absolute atomic E-state index is 11.6. The van der Waals surface area contributed by atoms with Gasteiger partial charge in [-0.25, -0.2) is 4.79 Å². The molecule has 5 nitrogen and oxygen atoms in total. The predicted octanol–water partition coefficient (Wildman–Crippen LogP) is -0.377. The highest BCUT2D eigenvalue weighted by atomic mass is 16.5. The average Bonchev–Trinajstić information content (AvgIpc) is 2.14. The topological polar surface area (TPSA) is 67.4 Å². The van der Waals surface area contributed by atoms with Crippen LogP contribution >= 0.6 is 0 Å².